The van der Waals surface area contributed by atoms with Crippen molar-refractivity contribution >= 4 is 27.4 Å². The molecular formula is C23H28N4O2S. The summed E-state index contributed by atoms with van der Waals surface area (Å²) in [5.74, 6) is 2.87. The number of hydrogen-bond donors (Lipinski definition) is 0. The van der Waals surface area contributed by atoms with Crippen molar-refractivity contribution in [1.29, 1.82) is 0 Å². The van der Waals surface area contributed by atoms with Crippen molar-refractivity contribution < 1.29 is 9.47 Å². The van der Waals surface area contributed by atoms with Gasteiger partial charge in [-0.3, -0.25) is 4.90 Å². The molecule has 1 saturated heterocycles. The smallest absolute Gasteiger partial charge is 0.146 e. The van der Waals surface area contributed by atoms with E-state index in [1.807, 2.05) is 23.5 Å². The SMILES string of the molecule is COc1ccc(CN(C)c2nc(CN3CCOCC3)nc3sc4c(c23)CCC4)cc1. The average Bonchev–Trinajstić information content (AvgIpc) is 3.35. The largest absolute Gasteiger partial charge is 0.497 e. The topological polar surface area (TPSA) is 50.7 Å². The zero-order valence-electron chi connectivity index (χ0n) is 17.7. The first kappa shape index (κ1) is 19.7. The predicted octanol–water partition coefficient (Wildman–Crippen LogP) is 3.66. The summed E-state index contributed by atoms with van der Waals surface area (Å²) in [7, 11) is 3.84. The van der Waals surface area contributed by atoms with Crippen LogP contribution in [0.4, 0.5) is 5.82 Å². The van der Waals surface area contributed by atoms with E-state index in [1.54, 1.807) is 7.11 Å². The Morgan fingerprint density at radius 3 is 2.70 bits per heavy atom. The van der Waals surface area contributed by atoms with Crippen LogP contribution in [0.2, 0.25) is 0 Å². The first-order valence-corrected chi connectivity index (χ1v) is 11.5. The van der Waals surface area contributed by atoms with E-state index in [1.165, 1.54) is 34.2 Å². The fourth-order valence-electron chi connectivity index (χ4n) is 4.41. The molecule has 0 radical (unpaired) electrons. The van der Waals surface area contributed by atoms with Gasteiger partial charge in [0.25, 0.3) is 0 Å². The summed E-state index contributed by atoms with van der Waals surface area (Å²) in [5, 5.41) is 1.27. The number of ether oxygens (including phenoxy) is 2. The predicted molar refractivity (Wildman–Crippen MR) is 121 cm³/mol. The third-order valence-corrected chi connectivity index (χ3v) is 7.19. The van der Waals surface area contributed by atoms with E-state index in [9.17, 15) is 0 Å². The van der Waals surface area contributed by atoms with E-state index < -0.39 is 0 Å². The van der Waals surface area contributed by atoms with E-state index in [0.717, 1.165) is 68.0 Å². The van der Waals surface area contributed by atoms with E-state index in [-0.39, 0.29) is 0 Å². The van der Waals surface area contributed by atoms with Gasteiger partial charge in [0.15, 0.2) is 0 Å². The second kappa shape index (κ2) is 8.49. The second-order valence-electron chi connectivity index (χ2n) is 8.09. The lowest BCUT2D eigenvalue weighted by Crippen LogP contribution is -2.36. The number of thiophene rings is 1. The fraction of sp³-hybridized carbons (Fsp3) is 0.478. The Bertz CT molecular complexity index is 1030. The number of fused-ring (bicyclic) bond motifs is 3. The van der Waals surface area contributed by atoms with Crippen molar-refractivity contribution in [3.8, 4) is 5.75 Å². The fourth-order valence-corrected chi connectivity index (χ4v) is 5.68. The highest BCUT2D eigenvalue weighted by Gasteiger charge is 2.24. The summed E-state index contributed by atoms with van der Waals surface area (Å²) in [6, 6.07) is 8.29. The molecule has 1 aromatic carbocycles. The Morgan fingerprint density at radius 1 is 1.13 bits per heavy atom. The third kappa shape index (κ3) is 3.89. The maximum absolute atomic E-state index is 5.50. The highest BCUT2D eigenvalue weighted by atomic mass is 32.1. The van der Waals surface area contributed by atoms with Crippen LogP contribution in [0.3, 0.4) is 0 Å². The molecule has 2 aliphatic rings. The van der Waals surface area contributed by atoms with Crippen LogP contribution < -0.4 is 9.64 Å². The normalized spacial score (nSPS) is 16.7. The average molecular weight is 425 g/mol. The minimum atomic E-state index is 0.783. The highest BCUT2D eigenvalue weighted by Crippen LogP contribution is 2.40. The second-order valence-corrected chi connectivity index (χ2v) is 9.18. The van der Waals surface area contributed by atoms with Gasteiger partial charge in [-0.25, -0.2) is 9.97 Å². The molecule has 158 valence electrons. The van der Waals surface area contributed by atoms with Gasteiger partial charge in [0.2, 0.25) is 0 Å². The summed E-state index contributed by atoms with van der Waals surface area (Å²) >= 11 is 1.87. The Balaban J connectivity index is 1.48. The van der Waals surface area contributed by atoms with Crippen molar-refractivity contribution in [2.45, 2.75) is 32.4 Å². The molecular weight excluding hydrogens is 396 g/mol. The van der Waals surface area contributed by atoms with Crippen LogP contribution in [0.25, 0.3) is 10.2 Å². The molecule has 0 unspecified atom stereocenters. The summed E-state index contributed by atoms with van der Waals surface area (Å²) in [6.45, 7) is 5.06. The van der Waals surface area contributed by atoms with Crippen LogP contribution in [0.1, 0.15) is 28.2 Å². The summed E-state index contributed by atoms with van der Waals surface area (Å²) in [5.41, 5.74) is 2.72. The van der Waals surface area contributed by atoms with Crippen LogP contribution >= 0.6 is 11.3 Å². The Morgan fingerprint density at radius 2 is 1.93 bits per heavy atom. The monoisotopic (exact) mass is 424 g/mol. The van der Waals surface area contributed by atoms with Crippen LogP contribution in [-0.4, -0.2) is 55.3 Å². The van der Waals surface area contributed by atoms with Crippen LogP contribution in [0, 0.1) is 0 Å². The third-order valence-electron chi connectivity index (χ3n) is 6.00. The maximum atomic E-state index is 5.50. The minimum Gasteiger partial charge on any atom is -0.497 e. The molecule has 0 bridgehead atoms. The lowest BCUT2D eigenvalue weighted by molar-refractivity contribution is 0.0331. The molecule has 1 fully saturated rings. The van der Waals surface area contributed by atoms with Gasteiger partial charge in [0.1, 0.15) is 22.2 Å². The molecule has 1 aliphatic carbocycles. The van der Waals surface area contributed by atoms with Crippen molar-refractivity contribution in [2.75, 3.05) is 45.4 Å². The molecule has 5 rings (SSSR count). The van der Waals surface area contributed by atoms with Gasteiger partial charge in [-0.05, 0) is 42.5 Å². The van der Waals surface area contributed by atoms with Crippen LogP contribution in [0.5, 0.6) is 5.75 Å². The van der Waals surface area contributed by atoms with Gasteiger partial charge in [0, 0.05) is 31.6 Å². The molecule has 3 heterocycles. The lowest BCUT2D eigenvalue weighted by atomic mass is 10.1. The van der Waals surface area contributed by atoms with Gasteiger partial charge in [0.05, 0.1) is 32.3 Å². The Labute approximate surface area is 181 Å². The van der Waals surface area contributed by atoms with Gasteiger partial charge in [-0.1, -0.05) is 12.1 Å². The minimum absolute atomic E-state index is 0.783. The van der Waals surface area contributed by atoms with Crippen molar-refractivity contribution in [2.24, 2.45) is 0 Å². The highest BCUT2D eigenvalue weighted by molar-refractivity contribution is 7.19. The number of benzene rings is 1. The lowest BCUT2D eigenvalue weighted by Gasteiger charge is -2.26. The molecule has 7 heteroatoms. The zero-order chi connectivity index (χ0) is 20.5. The molecule has 3 aromatic rings. The molecule has 30 heavy (non-hydrogen) atoms. The van der Waals surface area contributed by atoms with Crippen LogP contribution in [-0.2, 0) is 30.7 Å². The quantitative estimate of drug-likeness (QED) is 0.602. The number of rotatable bonds is 6. The summed E-state index contributed by atoms with van der Waals surface area (Å²) in [4.78, 5) is 17.4. The van der Waals surface area contributed by atoms with Crippen LogP contribution in [0.15, 0.2) is 24.3 Å². The van der Waals surface area contributed by atoms with E-state index in [4.69, 9.17) is 19.4 Å². The molecule has 6 nitrogen and oxygen atoms in total. The number of aromatic nitrogens is 2. The first-order valence-electron chi connectivity index (χ1n) is 10.7. The number of aryl methyl sites for hydroxylation is 2. The summed E-state index contributed by atoms with van der Waals surface area (Å²) in [6.07, 6.45) is 3.57. The molecule has 0 saturated carbocycles. The molecule has 0 spiro atoms. The van der Waals surface area contributed by atoms with Gasteiger partial charge in [-0.2, -0.15) is 0 Å². The van der Waals surface area contributed by atoms with Crippen molar-refractivity contribution in [3.05, 3.63) is 46.1 Å². The molecule has 0 atom stereocenters. The van der Waals surface area contributed by atoms with Gasteiger partial charge < -0.3 is 14.4 Å². The number of morpholine rings is 1. The van der Waals surface area contributed by atoms with Gasteiger partial charge >= 0.3 is 0 Å². The molecule has 0 amide bonds. The molecule has 0 N–H and O–H groups in total. The number of nitrogens with zero attached hydrogens (tertiary/aromatic N) is 4. The standard InChI is InChI=1S/C23H28N4O2S/c1-26(14-16-6-8-17(28-2)9-7-16)22-21-18-4-3-5-19(18)30-23(21)25-20(24-22)15-27-10-12-29-13-11-27/h6-9H,3-5,10-15H2,1-2H3. The Kier molecular flexibility index (Phi) is 5.58. The maximum Gasteiger partial charge on any atom is 0.146 e. The van der Waals surface area contributed by atoms with E-state index in [2.05, 4.69) is 29.0 Å². The van der Waals surface area contributed by atoms with E-state index >= 15 is 0 Å². The van der Waals surface area contributed by atoms with Gasteiger partial charge in [-0.15, -0.1) is 11.3 Å². The first-order chi connectivity index (χ1) is 14.7. The van der Waals surface area contributed by atoms with Crippen molar-refractivity contribution in [1.82, 2.24) is 14.9 Å². The number of methoxy groups -OCH3 is 1. The van der Waals surface area contributed by atoms with E-state index in [0.29, 0.717) is 0 Å². The molecule has 2 aromatic heterocycles. The number of anilines is 1. The number of hydrogen-bond acceptors (Lipinski definition) is 7. The summed E-state index contributed by atoms with van der Waals surface area (Å²) < 4.78 is 10.8. The Hall–Kier alpha value is -2.22. The molecule has 1 aliphatic heterocycles. The van der Waals surface area contributed by atoms with Crippen molar-refractivity contribution in [3.63, 3.8) is 0 Å². The zero-order valence-corrected chi connectivity index (χ0v) is 18.5.